The monoisotopic (exact) mass is 517 g/mol. The van der Waals surface area contributed by atoms with Crippen molar-refractivity contribution in [3.8, 4) is 0 Å². The number of hydrogen-bond acceptors (Lipinski definition) is 5. The van der Waals surface area contributed by atoms with Gasteiger partial charge < -0.3 is 10.2 Å². The second kappa shape index (κ2) is 10.9. The van der Waals surface area contributed by atoms with Gasteiger partial charge in [-0.2, -0.15) is 0 Å². The van der Waals surface area contributed by atoms with Gasteiger partial charge in [-0.3, -0.25) is 14.0 Å². The topological polar surface area (TPSA) is 113 Å². The van der Waals surface area contributed by atoms with Crippen molar-refractivity contribution in [3.63, 3.8) is 0 Å². The zero-order chi connectivity index (χ0) is 25.9. The third-order valence-corrected chi connectivity index (χ3v) is 8.70. The largest absolute Gasteiger partial charge is 0.350 e. The summed E-state index contributed by atoms with van der Waals surface area (Å²) in [5.41, 5.74) is 1.91. The fourth-order valence-electron chi connectivity index (χ4n) is 6.18. The maximum Gasteiger partial charge on any atom is 0.268 e. The number of carbonyl (C=O) groups is 2. The molecule has 3 atom stereocenters. The Kier molecular flexibility index (Phi) is 8.04. The summed E-state index contributed by atoms with van der Waals surface area (Å²) in [6, 6.07) is 5.42. The number of pyridine rings is 1. The SMILES string of the molecule is CCC1CC2CCCC(CNC(=O)c3cccc4nc(CC(=O)N(C)CCNS(C)(=O)=O)cn34)(C1)C2. The molecular formula is C26H39N5O4S. The Morgan fingerprint density at radius 1 is 1.28 bits per heavy atom. The second-order valence-corrected chi connectivity index (χ2v) is 12.7. The van der Waals surface area contributed by atoms with E-state index in [4.69, 9.17) is 0 Å². The Labute approximate surface area is 214 Å². The van der Waals surface area contributed by atoms with Crippen LogP contribution >= 0.6 is 0 Å². The number of imidazole rings is 1. The number of amides is 2. The van der Waals surface area contributed by atoms with Gasteiger partial charge in [0.2, 0.25) is 15.9 Å². The summed E-state index contributed by atoms with van der Waals surface area (Å²) in [7, 11) is -1.67. The summed E-state index contributed by atoms with van der Waals surface area (Å²) in [4.78, 5) is 31.9. The van der Waals surface area contributed by atoms with Crippen LogP contribution in [0.4, 0.5) is 0 Å². The quantitative estimate of drug-likeness (QED) is 0.503. The third-order valence-electron chi connectivity index (χ3n) is 7.98. The molecule has 2 aliphatic rings. The molecule has 0 spiro atoms. The molecule has 10 heteroatoms. The summed E-state index contributed by atoms with van der Waals surface area (Å²) in [5.74, 6) is 1.27. The smallest absolute Gasteiger partial charge is 0.268 e. The van der Waals surface area contributed by atoms with Crippen LogP contribution in [0.25, 0.3) is 5.65 Å². The molecule has 2 aromatic rings. The van der Waals surface area contributed by atoms with Crippen LogP contribution < -0.4 is 10.0 Å². The first-order valence-corrected chi connectivity index (χ1v) is 14.9. The number of aromatic nitrogens is 2. The molecule has 0 aromatic carbocycles. The molecule has 2 heterocycles. The molecular weight excluding hydrogens is 478 g/mol. The predicted molar refractivity (Wildman–Crippen MR) is 139 cm³/mol. The lowest BCUT2D eigenvalue weighted by Gasteiger charge is -2.48. The highest BCUT2D eigenvalue weighted by molar-refractivity contribution is 7.88. The molecule has 2 N–H and O–H groups in total. The Balaban J connectivity index is 1.40. The Bertz CT molecular complexity index is 1210. The van der Waals surface area contributed by atoms with Crippen LogP contribution in [0.3, 0.4) is 0 Å². The Hall–Kier alpha value is -2.46. The van der Waals surface area contributed by atoms with Gasteiger partial charge in [-0.1, -0.05) is 32.3 Å². The molecule has 4 rings (SSSR count). The first kappa shape index (κ1) is 26.6. The van der Waals surface area contributed by atoms with Gasteiger partial charge in [-0.05, 0) is 55.1 Å². The molecule has 2 aliphatic carbocycles. The van der Waals surface area contributed by atoms with Crippen LogP contribution in [0.2, 0.25) is 0 Å². The van der Waals surface area contributed by atoms with Crippen LogP contribution in [0.5, 0.6) is 0 Å². The van der Waals surface area contributed by atoms with Crippen molar-refractivity contribution in [2.45, 2.75) is 58.3 Å². The first-order valence-electron chi connectivity index (χ1n) is 13.0. The molecule has 2 fully saturated rings. The molecule has 36 heavy (non-hydrogen) atoms. The van der Waals surface area contributed by atoms with Crippen molar-refractivity contribution in [1.29, 1.82) is 0 Å². The molecule has 9 nitrogen and oxygen atoms in total. The average Bonchev–Trinajstić information content (AvgIpc) is 3.23. The van der Waals surface area contributed by atoms with Crippen LogP contribution in [0.1, 0.15) is 68.1 Å². The summed E-state index contributed by atoms with van der Waals surface area (Å²) in [5, 5.41) is 3.24. The van der Waals surface area contributed by atoms with Gasteiger partial charge >= 0.3 is 0 Å². The number of hydrogen-bond donors (Lipinski definition) is 2. The van der Waals surface area contributed by atoms with E-state index in [0.29, 0.717) is 23.6 Å². The minimum Gasteiger partial charge on any atom is -0.350 e. The van der Waals surface area contributed by atoms with E-state index in [1.165, 1.54) is 49.8 Å². The number of nitrogens with one attached hydrogen (secondary N) is 2. The van der Waals surface area contributed by atoms with E-state index in [1.54, 1.807) is 23.7 Å². The maximum atomic E-state index is 13.3. The minimum atomic E-state index is -3.30. The molecule has 2 aromatic heterocycles. The van der Waals surface area contributed by atoms with Crippen molar-refractivity contribution in [1.82, 2.24) is 24.3 Å². The van der Waals surface area contributed by atoms with Crippen LogP contribution in [0.15, 0.2) is 24.4 Å². The summed E-state index contributed by atoms with van der Waals surface area (Å²) in [6.45, 7) is 3.40. The average molecular weight is 518 g/mol. The van der Waals surface area contributed by atoms with Crippen LogP contribution in [0, 0.1) is 17.3 Å². The van der Waals surface area contributed by atoms with E-state index in [-0.39, 0.29) is 36.7 Å². The fourth-order valence-corrected chi connectivity index (χ4v) is 6.64. The number of fused-ring (bicyclic) bond motifs is 3. The second-order valence-electron chi connectivity index (χ2n) is 10.9. The normalized spacial score (nSPS) is 24.0. The van der Waals surface area contributed by atoms with Crippen molar-refractivity contribution in [2.24, 2.45) is 17.3 Å². The predicted octanol–water partition coefficient (Wildman–Crippen LogP) is 2.61. The Morgan fingerprint density at radius 3 is 2.83 bits per heavy atom. The molecule has 198 valence electrons. The molecule has 0 radical (unpaired) electrons. The number of sulfonamides is 1. The van der Waals surface area contributed by atoms with Gasteiger partial charge in [0.25, 0.3) is 5.91 Å². The van der Waals surface area contributed by atoms with Gasteiger partial charge in [0.15, 0.2) is 0 Å². The van der Waals surface area contributed by atoms with Gasteiger partial charge in [0, 0.05) is 32.9 Å². The van der Waals surface area contributed by atoms with Crippen LogP contribution in [-0.2, 0) is 21.2 Å². The standard InChI is InChI=1S/C26H39N5O4S/c1-4-19-13-20-7-6-10-26(15-19,16-20)18-27-25(33)22-8-5-9-23-29-21(17-31(22)23)14-24(32)30(2)12-11-28-36(3,34)35/h5,8-9,17,19-20,28H,4,6-7,10-16,18H2,1-3H3,(H,27,33). The van der Waals surface area contributed by atoms with Crippen molar-refractivity contribution in [3.05, 3.63) is 35.8 Å². The number of likely N-dealkylation sites (N-methyl/N-ethyl adjacent to an activating group) is 1. The van der Waals surface area contributed by atoms with Crippen molar-refractivity contribution < 1.29 is 18.0 Å². The number of rotatable bonds is 10. The van der Waals surface area contributed by atoms with Crippen molar-refractivity contribution in [2.75, 3.05) is 32.9 Å². The lowest BCUT2D eigenvalue weighted by atomic mass is 9.58. The lowest BCUT2D eigenvalue weighted by Crippen LogP contribution is -2.45. The third kappa shape index (κ3) is 6.45. The fraction of sp³-hybridized carbons (Fsp3) is 0.654. The van der Waals surface area contributed by atoms with Gasteiger partial charge in [0.05, 0.1) is 18.4 Å². The molecule has 3 unspecified atom stereocenters. The van der Waals surface area contributed by atoms with E-state index in [0.717, 1.165) is 18.1 Å². The van der Waals surface area contributed by atoms with Crippen LogP contribution in [-0.4, -0.2) is 67.5 Å². The van der Waals surface area contributed by atoms with E-state index in [2.05, 4.69) is 21.9 Å². The maximum absolute atomic E-state index is 13.3. The number of carbonyl (C=O) groups excluding carboxylic acids is 2. The molecule has 0 saturated heterocycles. The molecule has 2 saturated carbocycles. The highest BCUT2D eigenvalue weighted by Gasteiger charge is 2.42. The molecule has 0 aliphatic heterocycles. The van der Waals surface area contributed by atoms with E-state index < -0.39 is 10.0 Å². The number of nitrogens with zero attached hydrogens (tertiary/aromatic N) is 3. The van der Waals surface area contributed by atoms with Gasteiger partial charge in [-0.25, -0.2) is 18.1 Å². The summed E-state index contributed by atoms with van der Waals surface area (Å²) in [6.07, 6.45) is 11.6. The molecule has 2 bridgehead atoms. The first-order chi connectivity index (χ1) is 17.1. The van der Waals surface area contributed by atoms with Crippen molar-refractivity contribution >= 4 is 27.5 Å². The minimum absolute atomic E-state index is 0.0705. The van der Waals surface area contributed by atoms with E-state index in [1.807, 2.05) is 12.1 Å². The summed E-state index contributed by atoms with van der Waals surface area (Å²) >= 11 is 0. The van der Waals surface area contributed by atoms with Gasteiger partial charge in [-0.15, -0.1) is 0 Å². The highest BCUT2D eigenvalue weighted by Crippen LogP contribution is 2.51. The van der Waals surface area contributed by atoms with Gasteiger partial charge in [0.1, 0.15) is 11.3 Å². The molecule has 2 amide bonds. The zero-order valence-electron chi connectivity index (χ0n) is 21.6. The van der Waals surface area contributed by atoms with E-state index in [9.17, 15) is 18.0 Å². The van der Waals surface area contributed by atoms with E-state index >= 15 is 0 Å². The summed E-state index contributed by atoms with van der Waals surface area (Å²) < 4.78 is 26.6. The lowest BCUT2D eigenvalue weighted by molar-refractivity contribution is -0.129. The zero-order valence-corrected chi connectivity index (χ0v) is 22.4. The Morgan fingerprint density at radius 2 is 2.08 bits per heavy atom. The highest BCUT2D eigenvalue weighted by atomic mass is 32.2.